The van der Waals surface area contributed by atoms with Crippen molar-refractivity contribution in [3.8, 4) is 17.6 Å². The molecule has 0 saturated heterocycles. The third-order valence-corrected chi connectivity index (χ3v) is 4.34. The molecule has 0 N–H and O–H groups in total. The van der Waals surface area contributed by atoms with Gasteiger partial charge in [-0.25, -0.2) is 13.9 Å². The predicted octanol–water partition coefficient (Wildman–Crippen LogP) is 3.92. The monoisotopic (exact) mass is 405 g/mol. The van der Waals surface area contributed by atoms with Gasteiger partial charge in [0.25, 0.3) is 0 Å². The molecule has 3 aromatic rings. The summed E-state index contributed by atoms with van der Waals surface area (Å²) in [5.41, 5.74) is 0.0746. The predicted molar refractivity (Wildman–Crippen MR) is 98.7 cm³/mol. The molecule has 9 heteroatoms. The Bertz CT molecular complexity index is 1130. The molecule has 2 aromatic carbocycles. The van der Waals surface area contributed by atoms with Crippen molar-refractivity contribution in [2.45, 2.75) is 6.42 Å². The summed E-state index contributed by atoms with van der Waals surface area (Å²) in [4.78, 5) is 11.7. The third kappa shape index (κ3) is 3.82. The summed E-state index contributed by atoms with van der Waals surface area (Å²) in [6, 6.07) is 9.22. The lowest BCUT2D eigenvalue weighted by molar-refractivity contribution is 0.439. The molecule has 0 atom stereocenters. The molecule has 0 spiro atoms. The zero-order chi connectivity index (χ0) is 19.7. The van der Waals surface area contributed by atoms with Gasteiger partial charge in [0.15, 0.2) is 11.6 Å². The molecule has 1 aromatic heterocycles. The maximum absolute atomic E-state index is 15.0. The second-order valence-electron chi connectivity index (χ2n) is 5.67. The van der Waals surface area contributed by atoms with Crippen LogP contribution in [-0.2, 0) is 13.5 Å². The smallest absolute Gasteiger partial charge is 0.345 e. The molecule has 0 aliphatic rings. The van der Waals surface area contributed by atoms with E-state index in [1.54, 1.807) is 0 Å². The van der Waals surface area contributed by atoms with E-state index in [-0.39, 0.29) is 39.1 Å². The minimum atomic E-state index is -0.702. The van der Waals surface area contributed by atoms with Gasteiger partial charge in [-0.05, 0) is 29.8 Å². The van der Waals surface area contributed by atoms with Crippen LogP contribution in [0.3, 0.4) is 0 Å². The lowest BCUT2D eigenvalue weighted by Gasteiger charge is -2.12. The molecular weight excluding hydrogens is 394 g/mol. The summed E-state index contributed by atoms with van der Waals surface area (Å²) in [5.74, 6) is -0.408. The molecule has 1 heterocycles. The van der Waals surface area contributed by atoms with Crippen LogP contribution >= 0.6 is 23.2 Å². The minimum absolute atomic E-state index is 0.0343. The standard InChI is InChI=1S/C18H12Cl2FN4O2/c1-24-15(23-25(2)18(24)26)7-11-3-4-14(20)17(16(11)21)27-13-6-10(9-22)5-12(19)8-13/h3-6,8H,2,7H2,1H3. The van der Waals surface area contributed by atoms with Gasteiger partial charge in [0, 0.05) is 18.5 Å². The Balaban J connectivity index is 1.99. The van der Waals surface area contributed by atoms with E-state index < -0.39 is 11.5 Å². The summed E-state index contributed by atoms with van der Waals surface area (Å²) in [6.45, 7) is 0. The summed E-state index contributed by atoms with van der Waals surface area (Å²) in [7, 11) is 4.99. The molecule has 1 radical (unpaired) electrons. The molecule has 0 aliphatic carbocycles. The first-order valence-corrected chi connectivity index (χ1v) is 8.37. The van der Waals surface area contributed by atoms with Crippen molar-refractivity contribution in [1.29, 1.82) is 5.26 Å². The molecule has 6 nitrogen and oxygen atoms in total. The highest BCUT2D eigenvalue weighted by molar-refractivity contribution is 6.32. The van der Waals surface area contributed by atoms with Crippen molar-refractivity contribution in [3.05, 3.63) is 80.7 Å². The molecule has 0 saturated carbocycles. The maximum Gasteiger partial charge on any atom is 0.345 e. The van der Waals surface area contributed by atoms with E-state index in [9.17, 15) is 9.18 Å². The van der Waals surface area contributed by atoms with Gasteiger partial charge in [0.1, 0.15) is 11.6 Å². The number of aromatic nitrogens is 3. The van der Waals surface area contributed by atoms with Crippen LogP contribution in [0.15, 0.2) is 35.1 Å². The lowest BCUT2D eigenvalue weighted by Crippen LogP contribution is -2.19. The van der Waals surface area contributed by atoms with E-state index in [2.05, 4.69) is 12.1 Å². The van der Waals surface area contributed by atoms with Crippen molar-refractivity contribution in [2.24, 2.45) is 7.05 Å². The maximum atomic E-state index is 15.0. The fraction of sp³-hybridized carbons (Fsp3) is 0.111. The Morgan fingerprint density at radius 2 is 2.07 bits per heavy atom. The van der Waals surface area contributed by atoms with Gasteiger partial charge < -0.3 is 4.74 Å². The Kier molecular flexibility index (Phi) is 5.22. The van der Waals surface area contributed by atoms with E-state index in [1.165, 1.54) is 41.9 Å². The number of benzene rings is 2. The number of hydrogen-bond acceptors (Lipinski definition) is 4. The van der Waals surface area contributed by atoms with Gasteiger partial charge in [0.2, 0.25) is 0 Å². The van der Waals surface area contributed by atoms with Crippen LogP contribution in [0, 0.1) is 24.2 Å². The molecule has 3 rings (SSSR count). The van der Waals surface area contributed by atoms with Crippen LogP contribution in [0.2, 0.25) is 10.0 Å². The molecule has 0 fully saturated rings. The highest BCUT2D eigenvalue weighted by Gasteiger charge is 2.18. The number of rotatable bonds is 4. The second-order valence-corrected chi connectivity index (χ2v) is 6.52. The van der Waals surface area contributed by atoms with E-state index in [4.69, 9.17) is 33.2 Å². The van der Waals surface area contributed by atoms with Gasteiger partial charge in [-0.3, -0.25) is 4.57 Å². The molecule has 0 unspecified atom stereocenters. The first-order chi connectivity index (χ1) is 12.8. The van der Waals surface area contributed by atoms with E-state index in [0.29, 0.717) is 5.82 Å². The lowest BCUT2D eigenvalue weighted by atomic mass is 10.1. The van der Waals surface area contributed by atoms with Crippen LogP contribution in [0.5, 0.6) is 11.5 Å². The summed E-state index contributed by atoms with van der Waals surface area (Å²) in [6.07, 6.45) is 0.0343. The Labute approximate surface area is 163 Å². The van der Waals surface area contributed by atoms with Crippen molar-refractivity contribution < 1.29 is 9.13 Å². The Morgan fingerprint density at radius 1 is 1.33 bits per heavy atom. The third-order valence-electron chi connectivity index (χ3n) is 3.83. The fourth-order valence-corrected chi connectivity index (χ4v) is 2.87. The quantitative estimate of drug-likeness (QED) is 0.659. The summed E-state index contributed by atoms with van der Waals surface area (Å²) >= 11 is 12.0. The van der Waals surface area contributed by atoms with Crippen molar-refractivity contribution in [2.75, 3.05) is 0 Å². The van der Waals surface area contributed by atoms with Gasteiger partial charge in [0.05, 0.1) is 23.7 Å². The van der Waals surface area contributed by atoms with E-state index >= 15 is 0 Å². The second kappa shape index (κ2) is 7.43. The van der Waals surface area contributed by atoms with E-state index in [0.717, 1.165) is 4.68 Å². The summed E-state index contributed by atoms with van der Waals surface area (Å²) < 4.78 is 22.7. The molecule has 137 valence electrons. The first kappa shape index (κ1) is 19.0. The zero-order valence-electron chi connectivity index (χ0n) is 14.0. The van der Waals surface area contributed by atoms with Crippen LogP contribution in [0.25, 0.3) is 0 Å². The zero-order valence-corrected chi connectivity index (χ0v) is 15.6. The van der Waals surface area contributed by atoms with Crippen LogP contribution < -0.4 is 10.4 Å². The molecule has 0 aliphatic heterocycles. The average Bonchev–Trinajstić information content (AvgIpc) is 2.87. The molecule has 0 amide bonds. The SMILES string of the molecule is [CH2]n1nc(Cc2ccc(Cl)c(Oc3cc(Cl)cc(C#N)c3)c2F)n(C)c1=O. The van der Waals surface area contributed by atoms with Gasteiger partial charge in [-0.15, -0.1) is 0 Å². The van der Waals surface area contributed by atoms with Crippen molar-refractivity contribution in [1.82, 2.24) is 14.3 Å². The Hall–Kier alpha value is -2.82. The summed E-state index contributed by atoms with van der Waals surface area (Å²) in [5, 5.41) is 13.3. The highest BCUT2D eigenvalue weighted by atomic mass is 35.5. The van der Waals surface area contributed by atoms with E-state index in [1.807, 2.05) is 6.07 Å². The highest BCUT2D eigenvalue weighted by Crippen LogP contribution is 2.35. The number of nitriles is 1. The van der Waals surface area contributed by atoms with Crippen LogP contribution in [0.4, 0.5) is 4.39 Å². The van der Waals surface area contributed by atoms with Gasteiger partial charge in [-0.1, -0.05) is 29.3 Å². The molecule has 0 bridgehead atoms. The number of halogens is 3. The topological polar surface area (TPSA) is 72.8 Å². The first-order valence-electron chi connectivity index (χ1n) is 7.61. The van der Waals surface area contributed by atoms with Gasteiger partial charge >= 0.3 is 5.69 Å². The normalized spacial score (nSPS) is 10.7. The fourth-order valence-electron chi connectivity index (χ4n) is 2.46. The average molecular weight is 406 g/mol. The Morgan fingerprint density at radius 3 is 2.70 bits per heavy atom. The molecular formula is C18H12Cl2FN4O2. The van der Waals surface area contributed by atoms with Crippen molar-refractivity contribution >= 4 is 23.2 Å². The van der Waals surface area contributed by atoms with Crippen LogP contribution in [-0.4, -0.2) is 14.3 Å². The van der Waals surface area contributed by atoms with Crippen LogP contribution in [0.1, 0.15) is 17.0 Å². The number of ether oxygens (including phenoxy) is 1. The molecule has 27 heavy (non-hydrogen) atoms. The largest absolute Gasteiger partial charge is 0.453 e. The van der Waals surface area contributed by atoms with Crippen molar-refractivity contribution in [3.63, 3.8) is 0 Å². The number of hydrogen-bond donors (Lipinski definition) is 0. The minimum Gasteiger partial charge on any atom is -0.453 e. The number of nitrogens with zero attached hydrogens (tertiary/aromatic N) is 4. The van der Waals surface area contributed by atoms with Gasteiger partial charge in [-0.2, -0.15) is 10.4 Å².